The molecule has 190 valence electrons. The lowest BCUT2D eigenvalue weighted by Crippen LogP contribution is -2.33. The Morgan fingerprint density at radius 1 is 1.06 bits per heavy atom. The molecular weight excluding hydrogens is 478 g/mol. The Labute approximate surface area is 212 Å². The second-order valence-corrected chi connectivity index (χ2v) is 11.2. The quantitative estimate of drug-likeness (QED) is 0.330. The summed E-state index contributed by atoms with van der Waals surface area (Å²) >= 11 is 0. The van der Waals surface area contributed by atoms with E-state index in [-0.39, 0.29) is 24.9 Å². The molecule has 0 aromatic heterocycles. The van der Waals surface area contributed by atoms with E-state index in [1.54, 1.807) is 52.8 Å². The van der Waals surface area contributed by atoms with Crippen molar-refractivity contribution in [3.63, 3.8) is 0 Å². The van der Waals surface area contributed by atoms with Crippen LogP contribution in [0.1, 0.15) is 58.8 Å². The number of nitrogens with zero attached hydrogens (tertiary/aromatic N) is 1. The molecule has 2 atom stereocenters. The number of carboxylic acids is 1. The number of rotatable bonds is 7. The zero-order valence-corrected chi connectivity index (χ0v) is 21.4. The van der Waals surface area contributed by atoms with Crippen LogP contribution in [0.4, 0.5) is 0 Å². The van der Waals surface area contributed by atoms with E-state index in [2.05, 4.69) is 0 Å². The van der Waals surface area contributed by atoms with E-state index in [1.807, 2.05) is 32.0 Å². The Morgan fingerprint density at radius 2 is 1.72 bits per heavy atom. The summed E-state index contributed by atoms with van der Waals surface area (Å²) in [6.45, 7) is 5.90. The number of ether oxygens (including phenoxy) is 1. The first kappa shape index (κ1) is 25.9. The van der Waals surface area contributed by atoms with Gasteiger partial charge in [-0.05, 0) is 55.2 Å². The molecule has 8 heteroatoms. The van der Waals surface area contributed by atoms with Crippen molar-refractivity contribution in [1.82, 2.24) is 4.31 Å². The minimum absolute atomic E-state index is 0.0508. The van der Waals surface area contributed by atoms with Gasteiger partial charge in [-0.1, -0.05) is 54.6 Å². The predicted octanol–water partition coefficient (Wildman–Crippen LogP) is 6.11. The number of aliphatic carboxylic acids is 1. The molecular formula is C28H31NO6S. The van der Waals surface area contributed by atoms with Gasteiger partial charge in [0.2, 0.25) is 0 Å². The predicted molar refractivity (Wildman–Crippen MR) is 140 cm³/mol. The average Bonchev–Trinajstić information content (AvgIpc) is 2.92. The third kappa shape index (κ3) is 5.47. The molecule has 7 nitrogen and oxygen atoms in total. The molecule has 3 aromatic rings. The summed E-state index contributed by atoms with van der Waals surface area (Å²) in [5, 5.41) is 9.62. The molecule has 0 radical (unpaired) electrons. The highest BCUT2D eigenvalue weighted by Gasteiger charge is 2.34. The fraction of sp³-hybridized carbons (Fsp3) is 0.286. The lowest BCUT2D eigenvalue weighted by molar-refractivity contribution is -0.137. The van der Waals surface area contributed by atoms with Crippen molar-refractivity contribution in [1.29, 1.82) is 0 Å². The second-order valence-electron chi connectivity index (χ2n) is 9.23. The number of carbonyl (C=O) groups excluding carboxylic acids is 1. The normalized spacial score (nSPS) is 18.9. The zero-order chi connectivity index (χ0) is 26.0. The summed E-state index contributed by atoms with van der Waals surface area (Å²) in [7, 11) is -3.30. The van der Waals surface area contributed by atoms with Crippen molar-refractivity contribution in [2.24, 2.45) is 0 Å². The van der Waals surface area contributed by atoms with Crippen molar-refractivity contribution in [2.45, 2.75) is 50.7 Å². The van der Waals surface area contributed by atoms with Crippen LogP contribution in [0.2, 0.25) is 0 Å². The number of carboxylic acid groups (broad SMARTS) is 1. The molecule has 0 saturated carbocycles. The molecule has 1 aliphatic heterocycles. The monoisotopic (exact) mass is 509 g/mol. The number of hydrogen-bond acceptors (Lipinski definition) is 6. The van der Waals surface area contributed by atoms with Crippen LogP contribution in [0.3, 0.4) is 0 Å². The Balaban J connectivity index is 1.70. The van der Waals surface area contributed by atoms with Gasteiger partial charge in [0, 0.05) is 18.0 Å². The van der Waals surface area contributed by atoms with Crippen LogP contribution in [0.15, 0.2) is 71.6 Å². The topological polar surface area (TPSA) is 107 Å². The first-order valence-electron chi connectivity index (χ1n) is 11.8. The standard InChI is InChI=1S/C28H31NO6S/c1-18-8-9-23(25(15-28(31)32)22-12-10-21(11-13-22)20(3)30)14-24(18)17-29-16-19(2)35-26-6-4-5-7-27(26)36(29,33)34/h4-14,19,25,33-34H,15-17H2,1-3H3,(H,31,32)/t19-,25?/m1/s1. The molecule has 3 N–H and O–H groups in total. The highest BCUT2D eigenvalue weighted by atomic mass is 32.3. The van der Waals surface area contributed by atoms with Gasteiger partial charge in [0.15, 0.2) is 5.78 Å². The van der Waals surface area contributed by atoms with Crippen molar-refractivity contribution in [2.75, 3.05) is 6.54 Å². The first-order chi connectivity index (χ1) is 17.1. The van der Waals surface area contributed by atoms with Crippen molar-refractivity contribution in [3.8, 4) is 5.75 Å². The van der Waals surface area contributed by atoms with E-state index in [0.717, 1.165) is 22.3 Å². The van der Waals surface area contributed by atoms with Gasteiger partial charge >= 0.3 is 5.97 Å². The van der Waals surface area contributed by atoms with Gasteiger partial charge in [0.1, 0.15) is 16.7 Å². The number of benzene rings is 3. The van der Waals surface area contributed by atoms with Gasteiger partial charge in [-0.15, -0.1) is 10.8 Å². The molecule has 0 amide bonds. The maximum atomic E-state index is 11.7. The van der Waals surface area contributed by atoms with E-state index < -0.39 is 22.7 Å². The Bertz CT molecular complexity index is 1270. The van der Waals surface area contributed by atoms with Crippen molar-refractivity contribution in [3.05, 3.63) is 94.5 Å². The number of ketones is 1. The number of carbonyl (C=O) groups is 2. The van der Waals surface area contributed by atoms with Crippen molar-refractivity contribution >= 4 is 22.5 Å². The molecule has 4 rings (SSSR count). The number of hydrogen-bond donors (Lipinski definition) is 3. The molecule has 3 aromatic carbocycles. The van der Waals surface area contributed by atoms with E-state index in [1.165, 1.54) is 6.92 Å². The summed E-state index contributed by atoms with van der Waals surface area (Å²) in [5.74, 6) is -0.934. The van der Waals surface area contributed by atoms with Crippen LogP contribution in [0, 0.1) is 6.92 Å². The molecule has 0 fully saturated rings. The first-order valence-corrected chi connectivity index (χ1v) is 13.3. The lowest BCUT2D eigenvalue weighted by atomic mass is 9.86. The number of aryl methyl sites for hydroxylation is 1. The smallest absolute Gasteiger partial charge is 0.304 e. The second kappa shape index (κ2) is 10.4. The highest BCUT2D eigenvalue weighted by molar-refractivity contribution is 8.22. The molecule has 1 heterocycles. The average molecular weight is 510 g/mol. The number of para-hydroxylation sites is 1. The fourth-order valence-corrected chi connectivity index (χ4v) is 6.20. The van der Waals surface area contributed by atoms with Crippen LogP contribution in [0.5, 0.6) is 5.75 Å². The van der Waals surface area contributed by atoms with Gasteiger partial charge in [0.25, 0.3) is 0 Å². The fourth-order valence-electron chi connectivity index (χ4n) is 4.53. The largest absolute Gasteiger partial charge is 0.487 e. The number of Topliss-reactive ketones (excluding diaryl/α,β-unsaturated/α-hetero) is 1. The van der Waals surface area contributed by atoms with Crippen LogP contribution in [-0.2, 0) is 11.3 Å². The molecule has 0 saturated heterocycles. The van der Waals surface area contributed by atoms with Gasteiger partial charge in [-0.2, -0.15) is 4.31 Å². The Kier molecular flexibility index (Phi) is 7.51. The SMILES string of the molecule is CC(=O)c1ccc(C(CC(=O)O)c2ccc(C)c(CN3C[C@@H](C)Oc4ccccc4S3(O)O)c2)cc1. The molecule has 1 unspecified atom stereocenters. The molecule has 0 spiro atoms. The van der Waals surface area contributed by atoms with E-state index in [4.69, 9.17) is 4.74 Å². The summed E-state index contributed by atoms with van der Waals surface area (Å²) in [5.41, 5.74) is 4.01. The molecule has 1 aliphatic rings. The van der Waals surface area contributed by atoms with Crippen LogP contribution in [0.25, 0.3) is 0 Å². The van der Waals surface area contributed by atoms with Crippen LogP contribution < -0.4 is 4.74 Å². The van der Waals surface area contributed by atoms with Gasteiger partial charge < -0.3 is 9.84 Å². The summed E-state index contributed by atoms with van der Waals surface area (Å²) < 4.78 is 30.1. The zero-order valence-electron chi connectivity index (χ0n) is 20.5. The molecule has 36 heavy (non-hydrogen) atoms. The van der Waals surface area contributed by atoms with Crippen LogP contribution >= 0.6 is 10.8 Å². The maximum Gasteiger partial charge on any atom is 0.304 e. The molecule has 0 bridgehead atoms. The summed E-state index contributed by atoms with van der Waals surface area (Å²) in [6.07, 6.45) is -0.373. The summed E-state index contributed by atoms with van der Waals surface area (Å²) in [6, 6.07) is 19.8. The third-order valence-electron chi connectivity index (χ3n) is 6.51. The number of fused-ring (bicyclic) bond motifs is 1. The van der Waals surface area contributed by atoms with Crippen molar-refractivity contribution < 1.29 is 28.5 Å². The Hall–Kier alpha value is -3.17. The highest BCUT2D eigenvalue weighted by Crippen LogP contribution is 2.57. The van der Waals surface area contributed by atoms with Gasteiger partial charge in [-0.3, -0.25) is 18.7 Å². The maximum absolute atomic E-state index is 11.7. The van der Waals surface area contributed by atoms with Gasteiger partial charge in [-0.25, -0.2) is 0 Å². The Morgan fingerprint density at radius 3 is 2.39 bits per heavy atom. The lowest BCUT2D eigenvalue weighted by Gasteiger charge is -2.42. The van der Waals surface area contributed by atoms with Gasteiger partial charge in [0.05, 0.1) is 13.0 Å². The minimum atomic E-state index is -3.30. The van der Waals surface area contributed by atoms with E-state index in [0.29, 0.717) is 22.8 Å². The third-order valence-corrected chi connectivity index (χ3v) is 8.44. The van der Waals surface area contributed by atoms with Crippen LogP contribution in [-0.4, -0.2) is 42.9 Å². The summed E-state index contributed by atoms with van der Waals surface area (Å²) in [4.78, 5) is 23.8. The van der Waals surface area contributed by atoms with E-state index >= 15 is 0 Å². The molecule has 0 aliphatic carbocycles. The van der Waals surface area contributed by atoms with E-state index in [9.17, 15) is 23.8 Å². The minimum Gasteiger partial charge on any atom is -0.487 e.